The SMILES string of the molecule is Nc1ccc2c(Cl)nc(-c3ccccc3)n2c1. The van der Waals surface area contributed by atoms with Crippen LogP contribution in [0.2, 0.25) is 5.15 Å². The van der Waals surface area contributed by atoms with E-state index in [-0.39, 0.29) is 0 Å². The van der Waals surface area contributed by atoms with E-state index in [1.807, 2.05) is 53.1 Å². The number of hydrogen-bond donors (Lipinski definition) is 1. The van der Waals surface area contributed by atoms with Gasteiger partial charge < -0.3 is 5.73 Å². The minimum absolute atomic E-state index is 0.490. The molecular formula is C13H10ClN3. The average Bonchev–Trinajstić information content (AvgIpc) is 2.67. The molecule has 0 aliphatic heterocycles. The first-order chi connectivity index (χ1) is 8.25. The predicted molar refractivity (Wildman–Crippen MR) is 70.1 cm³/mol. The highest BCUT2D eigenvalue weighted by Gasteiger charge is 2.10. The van der Waals surface area contributed by atoms with Crippen LogP contribution in [-0.4, -0.2) is 9.38 Å². The predicted octanol–water partition coefficient (Wildman–Crippen LogP) is 3.24. The van der Waals surface area contributed by atoms with Crippen LogP contribution < -0.4 is 5.73 Å². The second-order valence-electron chi connectivity index (χ2n) is 3.81. The maximum Gasteiger partial charge on any atom is 0.155 e. The van der Waals surface area contributed by atoms with Gasteiger partial charge in [-0.2, -0.15) is 0 Å². The van der Waals surface area contributed by atoms with E-state index in [1.54, 1.807) is 0 Å². The van der Waals surface area contributed by atoms with E-state index in [9.17, 15) is 0 Å². The van der Waals surface area contributed by atoms with Crippen molar-refractivity contribution >= 4 is 22.8 Å². The molecule has 0 fully saturated rings. The topological polar surface area (TPSA) is 43.3 Å². The lowest BCUT2D eigenvalue weighted by atomic mass is 10.2. The number of nitrogens with two attached hydrogens (primary N) is 1. The van der Waals surface area contributed by atoms with Crippen molar-refractivity contribution in [2.45, 2.75) is 0 Å². The van der Waals surface area contributed by atoms with Crippen molar-refractivity contribution in [1.29, 1.82) is 0 Å². The third-order valence-electron chi connectivity index (χ3n) is 2.65. The summed E-state index contributed by atoms with van der Waals surface area (Å²) in [5.41, 5.74) is 8.35. The summed E-state index contributed by atoms with van der Waals surface area (Å²) in [4.78, 5) is 4.37. The van der Waals surface area contributed by atoms with Crippen molar-refractivity contribution in [2.75, 3.05) is 5.73 Å². The molecule has 3 aromatic rings. The van der Waals surface area contributed by atoms with Gasteiger partial charge in [-0.3, -0.25) is 4.40 Å². The molecule has 84 valence electrons. The first-order valence-electron chi connectivity index (χ1n) is 5.24. The van der Waals surface area contributed by atoms with E-state index in [4.69, 9.17) is 17.3 Å². The second kappa shape index (κ2) is 3.79. The van der Waals surface area contributed by atoms with Crippen LogP contribution in [0, 0.1) is 0 Å². The summed E-state index contributed by atoms with van der Waals surface area (Å²) in [5, 5.41) is 0.490. The van der Waals surface area contributed by atoms with E-state index < -0.39 is 0 Å². The van der Waals surface area contributed by atoms with Crippen LogP contribution in [-0.2, 0) is 0 Å². The number of pyridine rings is 1. The Kier molecular flexibility index (Phi) is 2.27. The van der Waals surface area contributed by atoms with Crippen molar-refractivity contribution in [3.63, 3.8) is 0 Å². The van der Waals surface area contributed by atoms with Gasteiger partial charge in [0.15, 0.2) is 5.15 Å². The van der Waals surface area contributed by atoms with Crippen molar-refractivity contribution in [1.82, 2.24) is 9.38 Å². The molecule has 0 atom stereocenters. The Balaban J connectivity index is 2.34. The molecule has 1 aromatic carbocycles. The van der Waals surface area contributed by atoms with E-state index in [0.717, 1.165) is 16.9 Å². The third kappa shape index (κ3) is 1.65. The molecule has 2 N–H and O–H groups in total. The van der Waals surface area contributed by atoms with Gasteiger partial charge in [-0.05, 0) is 12.1 Å². The Hall–Kier alpha value is -2.00. The van der Waals surface area contributed by atoms with Crippen molar-refractivity contribution in [2.24, 2.45) is 0 Å². The number of aromatic nitrogens is 2. The number of nitrogen functional groups attached to an aromatic ring is 1. The molecule has 0 bridgehead atoms. The van der Waals surface area contributed by atoms with Crippen molar-refractivity contribution in [3.05, 3.63) is 53.8 Å². The van der Waals surface area contributed by atoms with Crippen LogP contribution in [0.15, 0.2) is 48.7 Å². The summed E-state index contributed by atoms with van der Waals surface area (Å²) in [5.74, 6) is 0.804. The van der Waals surface area contributed by atoms with Crippen LogP contribution in [0.25, 0.3) is 16.9 Å². The second-order valence-corrected chi connectivity index (χ2v) is 4.17. The zero-order valence-electron chi connectivity index (χ0n) is 8.97. The fourth-order valence-corrected chi connectivity index (χ4v) is 2.09. The lowest BCUT2D eigenvalue weighted by molar-refractivity contribution is 1.17. The Morgan fingerprint density at radius 3 is 2.59 bits per heavy atom. The molecule has 2 aromatic heterocycles. The minimum atomic E-state index is 0.490. The number of nitrogens with zero attached hydrogens (tertiary/aromatic N) is 2. The van der Waals surface area contributed by atoms with Gasteiger partial charge in [-0.25, -0.2) is 4.98 Å². The third-order valence-corrected chi connectivity index (χ3v) is 2.93. The van der Waals surface area contributed by atoms with Gasteiger partial charge in [0.05, 0.1) is 5.52 Å². The monoisotopic (exact) mass is 243 g/mol. The van der Waals surface area contributed by atoms with Crippen LogP contribution in [0.3, 0.4) is 0 Å². The zero-order chi connectivity index (χ0) is 11.8. The normalized spacial score (nSPS) is 10.9. The summed E-state index contributed by atoms with van der Waals surface area (Å²) in [6.45, 7) is 0. The number of halogens is 1. The van der Waals surface area contributed by atoms with E-state index in [0.29, 0.717) is 10.8 Å². The molecule has 17 heavy (non-hydrogen) atoms. The lowest BCUT2D eigenvalue weighted by Gasteiger charge is -2.01. The van der Waals surface area contributed by atoms with E-state index in [2.05, 4.69) is 4.98 Å². The number of anilines is 1. The molecule has 4 heteroatoms. The van der Waals surface area contributed by atoms with Gasteiger partial charge in [-0.1, -0.05) is 41.9 Å². The number of hydrogen-bond acceptors (Lipinski definition) is 2. The van der Waals surface area contributed by atoms with E-state index in [1.165, 1.54) is 0 Å². The number of fused-ring (bicyclic) bond motifs is 1. The van der Waals surface area contributed by atoms with Gasteiger partial charge >= 0.3 is 0 Å². The van der Waals surface area contributed by atoms with Crippen LogP contribution in [0.1, 0.15) is 0 Å². The van der Waals surface area contributed by atoms with Gasteiger partial charge in [0.2, 0.25) is 0 Å². The Morgan fingerprint density at radius 2 is 1.82 bits per heavy atom. The molecule has 0 spiro atoms. The maximum atomic E-state index is 6.11. The lowest BCUT2D eigenvalue weighted by Crippen LogP contribution is -1.92. The number of benzene rings is 1. The van der Waals surface area contributed by atoms with Gasteiger partial charge in [0.1, 0.15) is 5.82 Å². The first kappa shape index (κ1) is 10.2. The molecule has 0 saturated heterocycles. The molecular weight excluding hydrogens is 234 g/mol. The fourth-order valence-electron chi connectivity index (χ4n) is 1.86. The summed E-state index contributed by atoms with van der Waals surface area (Å²) >= 11 is 6.11. The number of rotatable bonds is 1. The molecule has 0 amide bonds. The Labute approximate surface area is 103 Å². The Morgan fingerprint density at radius 1 is 1.06 bits per heavy atom. The molecule has 3 nitrogen and oxygen atoms in total. The Bertz CT molecular complexity index is 674. The number of imidazole rings is 1. The molecule has 3 rings (SSSR count). The fraction of sp³-hybridized carbons (Fsp3) is 0. The van der Waals surface area contributed by atoms with Gasteiger partial charge in [-0.15, -0.1) is 0 Å². The molecule has 2 heterocycles. The van der Waals surface area contributed by atoms with Crippen molar-refractivity contribution < 1.29 is 0 Å². The standard InChI is InChI=1S/C13H10ClN3/c14-12-11-7-6-10(15)8-17(11)13(16-12)9-4-2-1-3-5-9/h1-8H,15H2. The highest BCUT2D eigenvalue weighted by atomic mass is 35.5. The molecule has 0 aliphatic carbocycles. The molecule has 0 unspecified atom stereocenters. The maximum absolute atomic E-state index is 6.11. The van der Waals surface area contributed by atoms with E-state index >= 15 is 0 Å². The first-order valence-corrected chi connectivity index (χ1v) is 5.62. The largest absolute Gasteiger partial charge is 0.398 e. The smallest absolute Gasteiger partial charge is 0.155 e. The molecule has 0 saturated carbocycles. The van der Waals surface area contributed by atoms with Crippen LogP contribution in [0.5, 0.6) is 0 Å². The van der Waals surface area contributed by atoms with Crippen molar-refractivity contribution in [3.8, 4) is 11.4 Å². The van der Waals surface area contributed by atoms with Crippen LogP contribution >= 0.6 is 11.6 Å². The summed E-state index contributed by atoms with van der Waals surface area (Å²) in [7, 11) is 0. The summed E-state index contributed by atoms with van der Waals surface area (Å²) < 4.78 is 1.91. The quantitative estimate of drug-likeness (QED) is 0.713. The summed E-state index contributed by atoms with van der Waals surface area (Å²) in [6, 6.07) is 13.6. The zero-order valence-corrected chi connectivity index (χ0v) is 9.72. The molecule has 0 radical (unpaired) electrons. The van der Waals surface area contributed by atoms with Gasteiger partial charge in [0, 0.05) is 17.4 Å². The highest BCUT2D eigenvalue weighted by molar-refractivity contribution is 6.32. The summed E-state index contributed by atoms with van der Waals surface area (Å²) in [6.07, 6.45) is 1.83. The minimum Gasteiger partial charge on any atom is -0.398 e. The average molecular weight is 244 g/mol. The highest BCUT2D eigenvalue weighted by Crippen LogP contribution is 2.26. The molecule has 0 aliphatic rings. The van der Waals surface area contributed by atoms with Crippen LogP contribution in [0.4, 0.5) is 5.69 Å². The van der Waals surface area contributed by atoms with Gasteiger partial charge in [0.25, 0.3) is 0 Å².